The summed E-state index contributed by atoms with van der Waals surface area (Å²) in [5, 5.41) is 5.30. The zero-order chi connectivity index (χ0) is 16.4. The van der Waals surface area contributed by atoms with Crippen molar-refractivity contribution in [2.75, 3.05) is 19.6 Å². The lowest BCUT2D eigenvalue weighted by molar-refractivity contribution is -0.123. The van der Waals surface area contributed by atoms with E-state index in [9.17, 15) is 9.59 Å². The number of aromatic nitrogens is 1. The summed E-state index contributed by atoms with van der Waals surface area (Å²) in [5.74, 6) is 0.188. The molecule has 2 amide bonds. The van der Waals surface area contributed by atoms with Crippen molar-refractivity contribution in [3.63, 3.8) is 0 Å². The zero-order valence-electron chi connectivity index (χ0n) is 13.2. The maximum Gasteiger partial charge on any atom is 0.273 e. The second-order valence-corrected chi connectivity index (χ2v) is 6.75. The minimum absolute atomic E-state index is 0.106. The summed E-state index contributed by atoms with van der Waals surface area (Å²) in [6, 6.07) is 8.27. The van der Waals surface area contributed by atoms with Crippen molar-refractivity contribution in [1.82, 2.24) is 15.2 Å². The Labute approximate surface area is 139 Å². The van der Waals surface area contributed by atoms with E-state index in [1.165, 1.54) is 16.9 Å². The van der Waals surface area contributed by atoms with Crippen LogP contribution in [-0.2, 0) is 4.79 Å². The van der Waals surface area contributed by atoms with Gasteiger partial charge in [-0.05, 0) is 11.5 Å². The molecule has 0 spiro atoms. The van der Waals surface area contributed by atoms with E-state index >= 15 is 0 Å². The van der Waals surface area contributed by atoms with Crippen molar-refractivity contribution in [1.29, 1.82) is 0 Å². The highest BCUT2D eigenvalue weighted by molar-refractivity contribution is 7.13. The maximum absolute atomic E-state index is 12.4. The van der Waals surface area contributed by atoms with E-state index in [1.54, 1.807) is 10.3 Å². The highest BCUT2D eigenvalue weighted by atomic mass is 32.1. The van der Waals surface area contributed by atoms with Crippen LogP contribution in [0.25, 0.3) is 10.6 Å². The van der Waals surface area contributed by atoms with Gasteiger partial charge in [-0.2, -0.15) is 0 Å². The van der Waals surface area contributed by atoms with Crippen LogP contribution in [0, 0.1) is 0 Å². The van der Waals surface area contributed by atoms with E-state index in [2.05, 4.69) is 36.3 Å². The number of nitrogens with one attached hydrogen (secondary N) is 1. The van der Waals surface area contributed by atoms with Crippen molar-refractivity contribution in [2.45, 2.75) is 19.8 Å². The van der Waals surface area contributed by atoms with Crippen LogP contribution in [0.5, 0.6) is 0 Å². The van der Waals surface area contributed by atoms with Crippen LogP contribution < -0.4 is 5.32 Å². The largest absolute Gasteiger partial charge is 0.353 e. The molecule has 1 aromatic carbocycles. The lowest BCUT2D eigenvalue weighted by atomic mass is 10.0. The summed E-state index contributed by atoms with van der Waals surface area (Å²) in [6.07, 6.45) is 0. The van der Waals surface area contributed by atoms with Gasteiger partial charge in [-0.1, -0.05) is 38.1 Å². The standard InChI is InChI=1S/C17H19N3O2S/c1-11(2)12-3-5-13(6-4-12)16-19-14(10-23-16)17(22)20-8-7-18-15(21)9-20/h3-6,10-11H,7-9H2,1-2H3,(H,18,21). The summed E-state index contributed by atoms with van der Waals surface area (Å²) in [4.78, 5) is 29.8. The molecule has 0 atom stereocenters. The number of hydrogen-bond acceptors (Lipinski definition) is 4. The lowest BCUT2D eigenvalue weighted by Crippen LogP contribution is -2.50. The second kappa shape index (κ2) is 6.50. The summed E-state index contributed by atoms with van der Waals surface area (Å²) < 4.78 is 0. The van der Waals surface area contributed by atoms with Gasteiger partial charge in [-0.25, -0.2) is 4.98 Å². The Hall–Kier alpha value is -2.21. The number of carbonyl (C=O) groups excluding carboxylic acids is 2. The molecule has 0 aliphatic carbocycles. The Morgan fingerprint density at radius 1 is 1.30 bits per heavy atom. The van der Waals surface area contributed by atoms with Crippen molar-refractivity contribution < 1.29 is 9.59 Å². The number of nitrogens with zero attached hydrogens (tertiary/aromatic N) is 2. The monoisotopic (exact) mass is 329 g/mol. The van der Waals surface area contributed by atoms with Crippen molar-refractivity contribution in [3.05, 3.63) is 40.9 Å². The molecule has 1 saturated heterocycles. The first-order valence-electron chi connectivity index (χ1n) is 7.66. The molecule has 1 aliphatic heterocycles. The number of benzene rings is 1. The molecule has 3 rings (SSSR count). The van der Waals surface area contributed by atoms with Gasteiger partial charge < -0.3 is 10.2 Å². The molecule has 23 heavy (non-hydrogen) atoms. The summed E-state index contributed by atoms with van der Waals surface area (Å²) >= 11 is 1.45. The fourth-order valence-corrected chi connectivity index (χ4v) is 3.29. The number of hydrogen-bond donors (Lipinski definition) is 1. The molecule has 1 N–H and O–H groups in total. The molecule has 5 nitrogen and oxygen atoms in total. The molecular weight excluding hydrogens is 310 g/mol. The summed E-state index contributed by atoms with van der Waals surface area (Å²) in [6.45, 7) is 5.45. The van der Waals surface area contributed by atoms with Crippen LogP contribution in [-0.4, -0.2) is 41.3 Å². The minimum atomic E-state index is -0.179. The van der Waals surface area contributed by atoms with Crippen LogP contribution >= 0.6 is 11.3 Å². The maximum atomic E-state index is 12.4. The molecule has 0 radical (unpaired) electrons. The van der Waals surface area contributed by atoms with Gasteiger partial charge in [0.05, 0.1) is 6.54 Å². The molecular formula is C17H19N3O2S. The molecule has 0 saturated carbocycles. The third kappa shape index (κ3) is 3.42. The molecule has 0 bridgehead atoms. The van der Waals surface area contributed by atoms with E-state index in [4.69, 9.17) is 0 Å². The van der Waals surface area contributed by atoms with Gasteiger partial charge in [0.25, 0.3) is 5.91 Å². The SMILES string of the molecule is CC(C)c1ccc(-c2nc(C(=O)N3CCNC(=O)C3)cs2)cc1. The van der Waals surface area contributed by atoms with Crippen molar-refractivity contribution >= 4 is 23.2 Å². The van der Waals surface area contributed by atoms with Gasteiger partial charge in [-0.3, -0.25) is 9.59 Å². The molecule has 0 unspecified atom stereocenters. The van der Waals surface area contributed by atoms with Crippen LogP contribution in [0.2, 0.25) is 0 Å². The first kappa shape index (κ1) is 15.7. The van der Waals surface area contributed by atoms with Crippen LogP contribution in [0.3, 0.4) is 0 Å². The number of carbonyl (C=O) groups is 2. The quantitative estimate of drug-likeness (QED) is 0.941. The lowest BCUT2D eigenvalue weighted by Gasteiger charge is -2.25. The number of amides is 2. The highest BCUT2D eigenvalue weighted by Gasteiger charge is 2.24. The third-order valence-corrected chi connectivity index (χ3v) is 4.76. The van der Waals surface area contributed by atoms with Crippen molar-refractivity contribution in [2.24, 2.45) is 0 Å². The summed E-state index contributed by atoms with van der Waals surface area (Å²) in [5.41, 5.74) is 2.70. The van der Waals surface area contributed by atoms with E-state index in [0.29, 0.717) is 24.7 Å². The van der Waals surface area contributed by atoms with Gasteiger partial charge >= 0.3 is 0 Å². The second-order valence-electron chi connectivity index (χ2n) is 5.89. The van der Waals surface area contributed by atoms with Crippen molar-refractivity contribution in [3.8, 4) is 10.6 Å². The number of thiazole rings is 1. The van der Waals surface area contributed by atoms with E-state index in [0.717, 1.165) is 10.6 Å². The topological polar surface area (TPSA) is 62.3 Å². The van der Waals surface area contributed by atoms with E-state index < -0.39 is 0 Å². The van der Waals surface area contributed by atoms with E-state index in [-0.39, 0.29) is 18.4 Å². The normalized spacial score (nSPS) is 14.9. The fraction of sp³-hybridized carbons (Fsp3) is 0.353. The predicted molar refractivity (Wildman–Crippen MR) is 90.6 cm³/mol. The average Bonchev–Trinajstić information content (AvgIpc) is 3.04. The Balaban J connectivity index is 1.77. The molecule has 6 heteroatoms. The van der Waals surface area contributed by atoms with Gasteiger partial charge in [0.2, 0.25) is 5.91 Å². The van der Waals surface area contributed by atoms with Gasteiger partial charge in [-0.15, -0.1) is 11.3 Å². The Kier molecular flexibility index (Phi) is 4.43. The minimum Gasteiger partial charge on any atom is -0.353 e. The van der Waals surface area contributed by atoms with Crippen LogP contribution in [0.15, 0.2) is 29.6 Å². The van der Waals surface area contributed by atoms with Gasteiger partial charge in [0, 0.05) is 24.0 Å². The molecule has 2 heterocycles. The molecule has 1 aliphatic rings. The molecule has 120 valence electrons. The number of rotatable bonds is 3. The Morgan fingerprint density at radius 3 is 2.70 bits per heavy atom. The molecule has 2 aromatic rings. The van der Waals surface area contributed by atoms with E-state index in [1.807, 2.05) is 12.1 Å². The Bertz CT molecular complexity index is 722. The predicted octanol–water partition coefficient (Wildman–Crippen LogP) is 2.51. The first-order valence-corrected chi connectivity index (χ1v) is 8.54. The third-order valence-electron chi connectivity index (χ3n) is 3.87. The molecule has 1 fully saturated rings. The first-order chi connectivity index (χ1) is 11.0. The Morgan fingerprint density at radius 2 is 2.04 bits per heavy atom. The smallest absolute Gasteiger partial charge is 0.273 e. The number of piperazine rings is 1. The van der Waals surface area contributed by atoms with Gasteiger partial charge in [0.15, 0.2) is 0 Å². The van der Waals surface area contributed by atoms with Crippen LogP contribution in [0.4, 0.5) is 0 Å². The van der Waals surface area contributed by atoms with Crippen LogP contribution in [0.1, 0.15) is 35.8 Å². The summed E-state index contributed by atoms with van der Waals surface area (Å²) in [7, 11) is 0. The highest BCUT2D eigenvalue weighted by Crippen LogP contribution is 2.26. The zero-order valence-corrected chi connectivity index (χ0v) is 14.0. The fourth-order valence-electron chi connectivity index (χ4n) is 2.49. The average molecular weight is 329 g/mol. The van der Waals surface area contributed by atoms with Gasteiger partial charge in [0.1, 0.15) is 10.7 Å². The molecule has 1 aromatic heterocycles.